The number of hydrogen-bond acceptors (Lipinski definition) is 8. The van der Waals surface area contributed by atoms with Crippen LogP contribution >= 0.6 is 41.7 Å². The molecule has 1 aliphatic carbocycles. The van der Waals surface area contributed by atoms with Crippen molar-refractivity contribution in [2.45, 2.75) is 25.2 Å². The molecule has 1 spiro atoms. The number of phenols is 1. The van der Waals surface area contributed by atoms with Crippen molar-refractivity contribution < 1.29 is 12.9 Å². The number of nitrogens with zero attached hydrogens (tertiary/aromatic N) is 3. The van der Waals surface area contributed by atoms with Crippen LogP contribution in [-0.4, -0.2) is 58.3 Å². The average molecular weight is 656 g/mol. The van der Waals surface area contributed by atoms with E-state index in [4.69, 9.17) is 14.5 Å². The van der Waals surface area contributed by atoms with Crippen molar-refractivity contribution in [1.29, 1.82) is 0 Å². The van der Waals surface area contributed by atoms with Crippen molar-refractivity contribution in [3.63, 3.8) is 0 Å². The number of nitrogens with one attached hydrogen (secondary N) is 2. The molecule has 37 heavy (non-hydrogen) atoms. The number of aromatic nitrogens is 2. The van der Waals surface area contributed by atoms with Crippen LogP contribution in [0.2, 0.25) is 5.02 Å². The summed E-state index contributed by atoms with van der Waals surface area (Å²) in [5.41, 5.74) is 2.85. The van der Waals surface area contributed by atoms with Crippen LogP contribution in [-0.2, 0) is 2.85 Å². The van der Waals surface area contributed by atoms with Gasteiger partial charge in [0.2, 0.25) is 0 Å². The summed E-state index contributed by atoms with van der Waals surface area (Å²) in [7, 11) is -1.38. The molecular formula is C26H32ClIN5O3P. The number of rotatable bonds is 7. The topological polar surface area (TPSA) is 103 Å². The standard InChI is InChI=1S/C26H32ClIN5O3P/c1-33-11-10-26(16-33)13-18(14-26)17-8-9-22(34)21(12-17)31-25-29-15-19(27)24(32-25)30-20-6-4-5-7-23(20)37(2,3,35)36-28/h4-9,12,15,18,34-35H,10-11,13-14,16H2,1-3H3,(H2,29,30,31,32). The Labute approximate surface area is 236 Å². The van der Waals surface area contributed by atoms with E-state index in [-0.39, 0.29) is 5.75 Å². The minimum Gasteiger partial charge on any atom is 0.00358 e. The summed E-state index contributed by atoms with van der Waals surface area (Å²) in [5, 5.41) is 17.9. The van der Waals surface area contributed by atoms with Gasteiger partial charge in [-0.15, -0.1) is 0 Å². The first-order valence-electron chi connectivity index (χ1n) is 12.2. The molecule has 2 fully saturated rings. The Morgan fingerprint density at radius 3 is 2.62 bits per heavy atom. The van der Waals surface area contributed by atoms with Gasteiger partial charge >= 0.3 is 201 Å². The van der Waals surface area contributed by atoms with E-state index < -0.39 is 7.06 Å². The minimum absolute atomic E-state index is 0.130. The molecule has 0 unspecified atom stereocenters. The number of para-hydroxylation sites is 1. The van der Waals surface area contributed by atoms with Gasteiger partial charge in [-0.05, 0) is 25.4 Å². The first-order valence-corrected chi connectivity index (χ1v) is 16.5. The minimum atomic E-state index is -3.58. The van der Waals surface area contributed by atoms with Crippen LogP contribution in [0, 0.1) is 5.41 Å². The maximum atomic E-state index is 11.2. The fraction of sp³-hybridized carbons (Fsp3) is 0.385. The molecule has 8 nitrogen and oxygen atoms in total. The van der Waals surface area contributed by atoms with Gasteiger partial charge in [0, 0.05) is 6.54 Å². The van der Waals surface area contributed by atoms with Crippen molar-refractivity contribution in [1.82, 2.24) is 14.9 Å². The van der Waals surface area contributed by atoms with Crippen LogP contribution in [0.1, 0.15) is 30.7 Å². The van der Waals surface area contributed by atoms with Gasteiger partial charge in [-0.25, -0.2) is 0 Å². The van der Waals surface area contributed by atoms with Gasteiger partial charge in [-0.3, -0.25) is 0 Å². The molecule has 2 aromatic carbocycles. The van der Waals surface area contributed by atoms with E-state index in [1.165, 1.54) is 44.1 Å². The molecule has 1 aliphatic heterocycles. The van der Waals surface area contributed by atoms with Gasteiger partial charge in [0.25, 0.3) is 0 Å². The maximum absolute atomic E-state index is 11.2. The second kappa shape index (κ2) is 9.77. The molecule has 198 valence electrons. The van der Waals surface area contributed by atoms with Crippen LogP contribution in [0.25, 0.3) is 0 Å². The van der Waals surface area contributed by atoms with Gasteiger partial charge in [-0.2, -0.15) is 0 Å². The van der Waals surface area contributed by atoms with E-state index in [0.29, 0.717) is 44.8 Å². The fourth-order valence-electron chi connectivity index (χ4n) is 5.56. The summed E-state index contributed by atoms with van der Waals surface area (Å²) in [6.45, 7) is 5.76. The predicted molar refractivity (Wildman–Crippen MR) is 160 cm³/mol. The monoisotopic (exact) mass is 655 g/mol. The normalized spacial score (nSPS) is 22.9. The van der Waals surface area contributed by atoms with Crippen molar-refractivity contribution in [2.24, 2.45) is 5.41 Å². The van der Waals surface area contributed by atoms with Crippen molar-refractivity contribution in [3.8, 4) is 5.75 Å². The third-order valence-electron chi connectivity index (χ3n) is 7.52. The van der Waals surface area contributed by atoms with E-state index in [0.717, 1.165) is 0 Å². The number of likely N-dealkylation sites (tertiary alicyclic amines) is 1. The van der Waals surface area contributed by atoms with Crippen LogP contribution in [0.15, 0.2) is 48.7 Å². The number of anilines is 4. The fourth-order valence-corrected chi connectivity index (χ4v) is 7.74. The molecule has 0 bridgehead atoms. The SMILES string of the molecule is CN1CCC2(CC(c3ccc(O)c(Nc4ncc(Cl)c(Nc5ccccc5P(C)(C)(O)OI)n4)c3)C2)C1. The molecule has 5 rings (SSSR count). The van der Waals surface area contributed by atoms with Gasteiger partial charge in [0.05, 0.1) is 0 Å². The molecule has 11 heteroatoms. The molecule has 2 aliphatic rings. The Kier molecular flexibility index (Phi) is 7.09. The molecule has 1 saturated carbocycles. The third kappa shape index (κ3) is 5.53. The van der Waals surface area contributed by atoms with Gasteiger partial charge in [0.1, 0.15) is 0 Å². The number of benzene rings is 2. The second-order valence-corrected chi connectivity index (χ2v) is 17.1. The molecule has 0 amide bonds. The first kappa shape index (κ1) is 26.8. The van der Waals surface area contributed by atoms with E-state index in [9.17, 15) is 10.00 Å². The van der Waals surface area contributed by atoms with E-state index in [2.05, 4.69) is 32.5 Å². The van der Waals surface area contributed by atoms with E-state index in [1.807, 2.05) is 36.4 Å². The molecular weight excluding hydrogens is 624 g/mol. The summed E-state index contributed by atoms with van der Waals surface area (Å²) >= 11 is 8.17. The molecule has 0 radical (unpaired) electrons. The number of phenolic OH excluding ortho intramolecular Hbond substituents is 1. The summed E-state index contributed by atoms with van der Waals surface area (Å²) in [4.78, 5) is 22.5. The number of hydrogen-bond donors (Lipinski definition) is 4. The van der Waals surface area contributed by atoms with Crippen LogP contribution in [0.4, 0.5) is 23.1 Å². The summed E-state index contributed by atoms with van der Waals surface area (Å²) in [6, 6.07) is 13.1. The number of aromatic hydroxyl groups is 1. The smallest absolute Gasteiger partial charge is 0.00358 e. The summed E-state index contributed by atoms with van der Waals surface area (Å²) in [5.74, 6) is 1.28. The molecule has 4 N–H and O–H groups in total. The van der Waals surface area contributed by atoms with Crippen LogP contribution in [0.5, 0.6) is 5.75 Å². The summed E-state index contributed by atoms with van der Waals surface area (Å²) < 4.78 is 5.52. The quantitative estimate of drug-likeness (QED) is 0.137. The van der Waals surface area contributed by atoms with Crippen molar-refractivity contribution in [3.05, 3.63) is 59.2 Å². The van der Waals surface area contributed by atoms with Crippen molar-refractivity contribution >= 4 is 70.1 Å². The van der Waals surface area contributed by atoms with Gasteiger partial charge in [0.15, 0.2) is 0 Å². The van der Waals surface area contributed by atoms with Crippen LogP contribution < -0.4 is 15.9 Å². The van der Waals surface area contributed by atoms with Crippen LogP contribution in [0.3, 0.4) is 0 Å². The second-order valence-electron chi connectivity index (χ2n) is 11.0. The van der Waals surface area contributed by atoms with Gasteiger partial charge in [-0.1, -0.05) is 0 Å². The van der Waals surface area contributed by atoms with Crippen molar-refractivity contribution in [2.75, 3.05) is 44.1 Å². The Balaban J connectivity index is 1.36. The average Bonchev–Trinajstić information content (AvgIpc) is 3.24. The van der Waals surface area contributed by atoms with E-state index >= 15 is 0 Å². The first-order chi connectivity index (χ1) is 17.5. The molecule has 3 aromatic rings. The predicted octanol–water partition coefficient (Wildman–Crippen LogP) is 6.15. The Morgan fingerprint density at radius 1 is 1.16 bits per heavy atom. The van der Waals surface area contributed by atoms with Gasteiger partial charge < -0.3 is 4.90 Å². The molecule has 2 heterocycles. The zero-order valence-corrected chi connectivity index (χ0v) is 24.9. The molecule has 1 aromatic heterocycles. The summed E-state index contributed by atoms with van der Waals surface area (Å²) in [6.07, 6.45) is 5.12. The zero-order valence-electron chi connectivity index (χ0n) is 21.1. The third-order valence-corrected chi connectivity index (χ3v) is 13.5. The van der Waals surface area contributed by atoms with E-state index in [1.54, 1.807) is 42.4 Å². The number of halogens is 2. The Hall–Kier alpha value is -1.75. The molecule has 0 atom stereocenters. The molecule has 1 saturated heterocycles. The Bertz CT molecular complexity index is 1330. The Morgan fingerprint density at radius 2 is 1.92 bits per heavy atom. The zero-order chi connectivity index (χ0) is 26.4.